The summed E-state index contributed by atoms with van der Waals surface area (Å²) in [5.41, 5.74) is 8.58. The monoisotopic (exact) mass is 309 g/mol. The van der Waals surface area contributed by atoms with Crippen LogP contribution in [0, 0.1) is 6.92 Å². The van der Waals surface area contributed by atoms with Gasteiger partial charge in [0.1, 0.15) is 21.9 Å². The molecule has 1 heterocycles. The first-order chi connectivity index (χ1) is 8.65. The van der Waals surface area contributed by atoms with E-state index in [0.29, 0.717) is 13.2 Å². The predicted molar refractivity (Wildman–Crippen MR) is 75.5 cm³/mol. The quantitative estimate of drug-likeness (QED) is 0.912. The maximum Gasteiger partial charge on any atom is 0.122 e. The van der Waals surface area contributed by atoms with Gasteiger partial charge in [0.25, 0.3) is 0 Å². The van der Waals surface area contributed by atoms with Crippen LogP contribution in [0.1, 0.15) is 18.3 Å². The van der Waals surface area contributed by atoms with E-state index in [4.69, 9.17) is 10.5 Å². The van der Waals surface area contributed by atoms with Crippen LogP contribution in [0.4, 0.5) is 0 Å². The number of nitrogens with zero attached hydrogens (tertiary/aromatic N) is 1. The Morgan fingerprint density at radius 1 is 1.44 bits per heavy atom. The molecular formula is C13H16BrN3O. The minimum absolute atomic E-state index is 0.397. The van der Waals surface area contributed by atoms with Gasteiger partial charge in [-0.3, -0.25) is 0 Å². The summed E-state index contributed by atoms with van der Waals surface area (Å²) in [5.74, 6) is 1.68. The molecule has 3 N–H and O–H groups in total. The summed E-state index contributed by atoms with van der Waals surface area (Å²) in [6.45, 7) is 5.07. The van der Waals surface area contributed by atoms with Crippen LogP contribution in [-0.2, 0) is 6.54 Å². The first kappa shape index (κ1) is 13.1. The number of hydrogen-bond donors (Lipinski definition) is 2. The molecule has 18 heavy (non-hydrogen) atoms. The lowest BCUT2D eigenvalue weighted by Crippen LogP contribution is -1.98. The van der Waals surface area contributed by atoms with Crippen molar-refractivity contribution >= 4 is 15.9 Å². The van der Waals surface area contributed by atoms with Gasteiger partial charge in [-0.05, 0) is 53.5 Å². The normalized spacial score (nSPS) is 10.7. The van der Waals surface area contributed by atoms with Gasteiger partial charge in [0.15, 0.2) is 0 Å². The lowest BCUT2D eigenvalue weighted by atomic mass is 10.1. The smallest absolute Gasteiger partial charge is 0.122 e. The number of aryl methyl sites for hydroxylation is 1. The Morgan fingerprint density at radius 2 is 2.22 bits per heavy atom. The second kappa shape index (κ2) is 5.54. The number of hydrogen-bond acceptors (Lipinski definition) is 3. The van der Waals surface area contributed by atoms with Crippen molar-refractivity contribution in [1.82, 2.24) is 9.97 Å². The molecule has 0 radical (unpaired) electrons. The third-order valence-corrected chi connectivity index (χ3v) is 3.22. The van der Waals surface area contributed by atoms with E-state index in [2.05, 4.69) is 32.0 Å². The zero-order valence-electron chi connectivity index (χ0n) is 10.5. The van der Waals surface area contributed by atoms with E-state index < -0.39 is 0 Å². The van der Waals surface area contributed by atoms with Crippen molar-refractivity contribution in [1.29, 1.82) is 0 Å². The third kappa shape index (κ3) is 2.57. The fourth-order valence-electron chi connectivity index (χ4n) is 1.80. The fourth-order valence-corrected chi connectivity index (χ4v) is 2.35. The van der Waals surface area contributed by atoms with Crippen molar-refractivity contribution < 1.29 is 4.74 Å². The van der Waals surface area contributed by atoms with Crippen molar-refractivity contribution in [3.63, 3.8) is 0 Å². The largest absolute Gasteiger partial charge is 0.494 e. The van der Waals surface area contributed by atoms with Crippen LogP contribution >= 0.6 is 15.9 Å². The summed E-state index contributed by atoms with van der Waals surface area (Å²) in [7, 11) is 0. The molecule has 0 aliphatic carbocycles. The van der Waals surface area contributed by atoms with Gasteiger partial charge in [0.05, 0.1) is 13.2 Å². The first-order valence-corrected chi connectivity index (χ1v) is 6.63. The van der Waals surface area contributed by atoms with Crippen LogP contribution in [0.25, 0.3) is 11.3 Å². The SMILES string of the molecule is CCOc1ccc(-c2nc(CN)[nH]c2Br)cc1C. The van der Waals surface area contributed by atoms with Gasteiger partial charge in [-0.25, -0.2) is 4.98 Å². The van der Waals surface area contributed by atoms with Crippen molar-refractivity contribution in [3.8, 4) is 17.0 Å². The minimum Gasteiger partial charge on any atom is -0.494 e. The van der Waals surface area contributed by atoms with Crippen LogP contribution < -0.4 is 10.5 Å². The number of ether oxygens (including phenoxy) is 1. The van der Waals surface area contributed by atoms with E-state index in [-0.39, 0.29) is 0 Å². The number of rotatable bonds is 4. The standard InChI is InChI=1S/C13H16BrN3O/c1-3-18-10-5-4-9(6-8(10)2)12-13(14)17-11(7-15)16-12/h4-6H,3,7,15H2,1-2H3,(H,16,17). The van der Waals surface area contributed by atoms with E-state index in [9.17, 15) is 0 Å². The highest BCUT2D eigenvalue weighted by molar-refractivity contribution is 9.10. The van der Waals surface area contributed by atoms with Gasteiger partial charge in [-0.2, -0.15) is 0 Å². The van der Waals surface area contributed by atoms with E-state index in [1.54, 1.807) is 0 Å². The molecule has 4 nitrogen and oxygen atoms in total. The third-order valence-electron chi connectivity index (χ3n) is 2.65. The second-order valence-electron chi connectivity index (χ2n) is 3.96. The molecule has 0 aliphatic rings. The molecule has 5 heteroatoms. The van der Waals surface area contributed by atoms with E-state index in [0.717, 1.165) is 33.0 Å². The molecule has 96 valence electrons. The molecule has 0 saturated heterocycles. The zero-order chi connectivity index (χ0) is 13.1. The van der Waals surface area contributed by atoms with Crippen molar-refractivity contribution in [2.75, 3.05) is 6.61 Å². The molecule has 0 unspecified atom stereocenters. The summed E-state index contributed by atoms with van der Waals surface area (Å²) in [6.07, 6.45) is 0. The molecule has 0 fully saturated rings. The molecule has 0 bridgehead atoms. The van der Waals surface area contributed by atoms with Gasteiger partial charge in [0.2, 0.25) is 0 Å². The summed E-state index contributed by atoms with van der Waals surface area (Å²) in [6, 6.07) is 6.03. The number of halogens is 1. The minimum atomic E-state index is 0.397. The Morgan fingerprint density at radius 3 is 2.78 bits per heavy atom. The fraction of sp³-hybridized carbons (Fsp3) is 0.308. The lowest BCUT2D eigenvalue weighted by Gasteiger charge is -2.08. The number of H-pyrrole nitrogens is 1. The molecule has 0 aliphatic heterocycles. The number of aromatic nitrogens is 2. The van der Waals surface area contributed by atoms with Crippen LogP contribution in [0.5, 0.6) is 5.75 Å². The number of imidazole rings is 1. The van der Waals surface area contributed by atoms with E-state index in [1.807, 2.05) is 26.0 Å². The van der Waals surface area contributed by atoms with Crippen LogP contribution in [0.2, 0.25) is 0 Å². The molecule has 2 rings (SSSR count). The average molecular weight is 310 g/mol. The van der Waals surface area contributed by atoms with Gasteiger partial charge in [-0.1, -0.05) is 0 Å². The maximum absolute atomic E-state index is 5.57. The molecule has 2 aromatic rings. The van der Waals surface area contributed by atoms with Gasteiger partial charge < -0.3 is 15.5 Å². The van der Waals surface area contributed by atoms with Crippen LogP contribution in [0.15, 0.2) is 22.8 Å². The molecule has 1 aromatic carbocycles. The number of aromatic amines is 1. The number of benzene rings is 1. The molecular weight excluding hydrogens is 294 g/mol. The molecule has 0 amide bonds. The van der Waals surface area contributed by atoms with E-state index >= 15 is 0 Å². The lowest BCUT2D eigenvalue weighted by molar-refractivity contribution is 0.338. The Hall–Kier alpha value is -1.33. The van der Waals surface area contributed by atoms with Crippen LogP contribution in [-0.4, -0.2) is 16.6 Å². The van der Waals surface area contributed by atoms with Gasteiger partial charge in [-0.15, -0.1) is 0 Å². The Kier molecular flexibility index (Phi) is 4.04. The second-order valence-corrected chi connectivity index (χ2v) is 4.76. The number of nitrogens with one attached hydrogen (secondary N) is 1. The highest BCUT2D eigenvalue weighted by Gasteiger charge is 2.11. The van der Waals surface area contributed by atoms with Gasteiger partial charge >= 0.3 is 0 Å². The number of nitrogens with two attached hydrogens (primary N) is 1. The maximum atomic E-state index is 5.57. The summed E-state index contributed by atoms with van der Waals surface area (Å²) in [5, 5.41) is 0. The molecule has 1 aromatic heterocycles. The Bertz CT molecular complexity index is 551. The highest BCUT2D eigenvalue weighted by Crippen LogP contribution is 2.29. The van der Waals surface area contributed by atoms with Crippen LogP contribution in [0.3, 0.4) is 0 Å². The van der Waals surface area contributed by atoms with Crippen molar-refractivity contribution in [2.24, 2.45) is 5.73 Å². The average Bonchev–Trinajstić information content (AvgIpc) is 2.73. The summed E-state index contributed by atoms with van der Waals surface area (Å²) in [4.78, 5) is 7.55. The first-order valence-electron chi connectivity index (χ1n) is 5.84. The zero-order valence-corrected chi connectivity index (χ0v) is 12.0. The summed E-state index contributed by atoms with van der Waals surface area (Å²) >= 11 is 3.46. The molecule has 0 spiro atoms. The Balaban J connectivity index is 2.38. The summed E-state index contributed by atoms with van der Waals surface area (Å²) < 4.78 is 6.38. The molecule has 0 atom stereocenters. The van der Waals surface area contributed by atoms with Crippen molar-refractivity contribution in [2.45, 2.75) is 20.4 Å². The van der Waals surface area contributed by atoms with Crippen molar-refractivity contribution in [3.05, 3.63) is 34.2 Å². The van der Waals surface area contributed by atoms with Gasteiger partial charge in [0, 0.05) is 5.56 Å². The van der Waals surface area contributed by atoms with E-state index in [1.165, 1.54) is 0 Å². The molecule has 0 saturated carbocycles. The predicted octanol–water partition coefficient (Wildman–Crippen LogP) is 3.01. The Labute approximate surface area is 115 Å². The highest BCUT2D eigenvalue weighted by atomic mass is 79.9. The topological polar surface area (TPSA) is 63.9 Å².